The lowest BCUT2D eigenvalue weighted by Crippen LogP contribution is -2.21. The highest BCUT2D eigenvalue weighted by atomic mass is 35.5. The fraction of sp³-hybridized carbons (Fsp3) is 0.294. The first-order valence-corrected chi connectivity index (χ1v) is 9.66. The summed E-state index contributed by atoms with van der Waals surface area (Å²) in [6, 6.07) is 6.86. The molecule has 0 aliphatic rings. The highest BCUT2D eigenvalue weighted by molar-refractivity contribution is 7.98. The summed E-state index contributed by atoms with van der Waals surface area (Å²) in [7, 11) is 1.61. The van der Waals surface area contributed by atoms with Crippen LogP contribution in [0.15, 0.2) is 35.6 Å². The highest BCUT2D eigenvalue weighted by Crippen LogP contribution is 2.14. The first-order chi connectivity index (χ1) is 13.0. The number of aryl methyl sites for hydroxylation is 1. The summed E-state index contributed by atoms with van der Waals surface area (Å²) in [6.07, 6.45) is 4.80. The van der Waals surface area contributed by atoms with Crippen molar-refractivity contribution < 1.29 is 19.1 Å². The monoisotopic (exact) mass is 410 g/mol. The zero-order chi connectivity index (χ0) is 19.6. The van der Waals surface area contributed by atoms with E-state index < -0.39 is 11.9 Å². The number of ether oxygens (including phenoxy) is 2. The molecule has 27 heavy (non-hydrogen) atoms. The summed E-state index contributed by atoms with van der Waals surface area (Å²) >= 11 is 7.50. The maximum Gasteiger partial charge on any atom is 0.344 e. The van der Waals surface area contributed by atoms with Crippen molar-refractivity contribution in [3.05, 3.63) is 46.7 Å². The third kappa shape index (κ3) is 6.61. The Morgan fingerprint density at radius 3 is 2.74 bits per heavy atom. The minimum absolute atomic E-state index is 0.149. The maximum atomic E-state index is 12.0. The molecule has 0 aliphatic carbocycles. The number of nitrogens with one attached hydrogen (secondary N) is 1. The van der Waals surface area contributed by atoms with Crippen LogP contribution < -0.4 is 10.2 Å². The van der Waals surface area contributed by atoms with Crippen LogP contribution in [-0.4, -0.2) is 53.1 Å². The van der Waals surface area contributed by atoms with Crippen LogP contribution in [0.3, 0.4) is 0 Å². The number of amides is 1. The van der Waals surface area contributed by atoms with Crippen molar-refractivity contribution >= 4 is 41.5 Å². The van der Waals surface area contributed by atoms with Gasteiger partial charge in [0.1, 0.15) is 18.1 Å². The molecule has 0 fully saturated rings. The molecule has 1 N–H and O–H groups in total. The number of hydrazone groups is 1. The number of aromatic nitrogens is 2. The Hall–Kier alpha value is -2.52. The quantitative estimate of drug-likeness (QED) is 0.294. The number of carbonyl (C=O) groups excluding carboxylic acids is 2. The normalized spacial score (nSPS) is 10.8. The van der Waals surface area contributed by atoms with Crippen LogP contribution in [0.5, 0.6) is 5.75 Å². The van der Waals surface area contributed by atoms with Gasteiger partial charge in [0.05, 0.1) is 17.4 Å². The fourth-order valence-corrected chi connectivity index (χ4v) is 2.46. The Morgan fingerprint density at radius 2 is 2.11 bits per heavy atom. The Bertz CT molecular complexity index is 788. The molecule has 0 aliphatic heterocycles. The van der Waals surface area contributed by atoms with Crippen molar-refractivity contribution in [3.8, 4) is 5.75 Å². The van der Waals surface area contributed by atoms with Gasteiger partial charge in [0.2, 0.25) is 0 Å². The van der Waals surface area contributed by atoms with E-state index in [0.29, 0.717) is 12.4 Å². The number of benzene rings is 1. The smallest absolute Gasteiger partial charge is 0.344 e. The molecule has 144 valence electrons. The van der Waals surface area contributed by atoms with Crippen LogP contribution in [0, 0.1) is 0 Å². The summed E-state index contributed by atoms with van der Waals surface area (Å²) in [5, 5.41) is 8.02. The fourth-order valence-electron chi connectivity index (χ4n) is 1.96. The van der Waals surface area contributed by atoms with E-state index in [4.69, 9.17) is 21.1 Å². The van der Waals surface area contributed by atoms with E-state index in [2.05, 4.69) is 15.6 Å². The Kier molecular flexibility index (Phi) is 8.15. The average molecular weight is 411 g/mol. The third-order valence-electron chi connectivity index (χ3n) is 3.28. The molecule has 1 amide bonds. The molecule has 8 nitrogen and oxygen atoms in total. The topological polar surface area (TPSA) is 94.8 Å². The molecule has 0 saturated carbocycles. The van der Waals surface area contributed by atoms with Crippen LogP contribution >= 0.6 is 23.4 Å². The first-order valence-electron chi connectivity index (χ1n) is 7.89. The van der Waals surface area contributed by atoms with Gasteiger partial charge in [0.15, 0.2) is 6.61 Å². The molecule has 0 bridgehead atoms. The molecule has 2 aromatic rings. The highest BCUT2D eigenvalue weighted by Gasteiger charge is 2.14. The van der Waals surface area contributed by atoms with E-state index in [9.17, 15) is 9.59 Å². The van der Waals surface area contributed by atoms with Gasteiger partial charge in [-0.25, -0.2) is 10.2 Å². The lowest BCUT2D eigenvalue weighted by Gasteiger charge is -2.06. The molecule has 1 aromatic heterocycles. The van der Waals surface area contributed by atoms with Crippen molar-refractivity contribution in [1.82, 2.24) is 15.2 Å². The number of nitrogens with zero attached hydrogens (tertiary/aromatic N) is 3. The molecular formula is C17H19ClN4O4S. The van der Waals surface area contributed by atoms with Gasteiger partial charge in [0.25, 0.3) is 5.91 Å². The maximum absolute atomic E-state index is 12.0. The van der Waals surface area contributed by atoms with E-state index in [1.807, 2.05) is 6.26 Å². The molecule has 0 spiro atoms. The lowest BCUT2D eigenvalue weighted by atomic mass is 10.2. The van der Waals surface area contributed by atoms with Crippen molar-refractivity contribution in [2.75, 3.05) is 25.2 Å². The van der Waals surface area contributed by atoms with Gasteiger partial charge in [-0.15, -0.1) is 0 Å². The third-order valence-corrected chi connectivity index (χ3v) is 4.13. The molecular weight excluding hydrogens is 392 g/mol. The molecule has 0 atom stereocenters. The number of rotatable bonds is 9. The van der Waals surface area contributed by atoms with E-state index in [-0.39, 0.29) is 17.3 Å². The van der Waals surface area contributed by atoms with Crippen LogP contribution in [-0.2, 0) is 16.6 Å². The minimum Gasteiger partial charge on any atom is -0.482 e. The predicted molar refractivity (Wildman–Crippen MR) is 105 cm³/mol. The lowest BCUT2D eigenvalue weighted by molar-refractivity contribution is -0.145. The second-order valence-electron chi connectivity index (χ2n) is 5.23. The van der Waals surface area contributed by atoms with Gasteiger partial charge in [-0.2, -0.15) is 22.0 Å². The average Bonchev–Trinajstić information content (AvgIpc) is 2.99. The van der Waals surface area contributed by atoms with Crippen molar-refractivity contribution in [1.29, 1.82) is 0 Å². The molecule has 0 unspecified atom stereocenters. The summed E-state index contributed by atoms with van der Waals surface area (Å²) in [6.45, 7) is 0.220. The zero-order valence-electron chi connectivity index (χ0n) is 14.8. The van der Waals surface area contributed by atoms with Crippen molar-refractivity contribution in [2.24, 2.45) is 12.1 Å². The number of thioether (sulfide) groups is 1. The molecule has 1 aromatic carbocycles. The van der Waals surface area contributed by atoms with Gasteiger partial charge < -0.3 is 9.47 Å². The molecule has 2 rings (SSSR count). The van der Waals surface area contributed by atoms with Gasteiger partial charge in [0, 0.05) is 12.8 Å². The first kappa shape index (κ1) is 20.8. The van der Waals surface area contributed by atoms with Crippen LogP contribution in [0.25, 0.3) is 0 Å². The summed E-state index contributed by atoms with van der Waals surface area (Å²) in [5.74, 6) is 0.408. The Labute approximate surface area is 165 Å². The number of hydrogen-bond acceptors (Lipinski definition) is 7. The van der Waals surface area contributed by atoms with E-state index >= 15 is 0 Å². The SMILES string of the molecule is CSCCOC(=O)COc1ccc(/C=N\NC(=O)c2c(Cl)cnn2C)cc1. The molecule has 10 heteroatoms. The van der Waals surface area contributed by atoms with Crippen molar-refractivity contribution in [2.45, 2.75) is 0 Å². The minimum atomic E-state index is -0.462. The van der Waals surface area contributed by atoms with E-state index in [1.54, 1.807) is 43.1 Å². The molecule has 0 radical (unpaired) electrons. The molecule has 0 saturated heterocycles. The summed E-state index contributed by atoms with van der Waals surface area (Å²) < 4.78 is 11.7. The number of hydrogen-bond donors (Lipinski definition) is 1. The van der Waals surface area contributed by atoms with Gasteiger partial charge >= 0.3 is 5.97 Å². The zero-order valence-corrected chi connectivity index (χ0v) is 16.4. The number of halogens is 1. The second-order valence-corrected chi connectivity index (χ2v) is 6.63. The van der Waals surface area contributed by atoms with Gasteiger partial charge in [-0.05, 0) is 36.1 Å². The van der Waals surface area contributed by atoms with Crippen molar-refractivity contribution in [3.63, 3.8) is 0 Å². The van der Waals surface area contributed by atoms with Crippen LogP contribution in [0.1, 0.15) is 16.1 Å². The number of carbonyl (C=O) groups is 2. The summed E-state index contributed by atoms with van der Waals surface area (Å²) in [5.41, 5.74) is 3.35. The largest absolute Gasteiger partial charge is 0.482 e. The Balaban J connectivity index is 1.80. The van der Waals surface area contributed by atoms with E-state index in [0.717, 1.165) is 11.3 Å². The Morgan fingerprint density at radius 1 is 1.37 bits per heavy atom. The van der Waals surface area contributed by atoms with Gasteiger partial charge in [-0.3, -0.25) is 9.48 Å². The van der Waals surface area contributed by atoms with Crippen LogP contribution in [0.2, 0.25) is 5.02 Å². The standard InChI is InChI=1S/C17H19ClN4O4S/c1-22-16(14(18)10-20-22)17(24)21-19-9-12-3-5-13(6-4-12)26-11-15(23)25-7-8-27-2/h3-6,9-10H,7-8,11H2,1-2H3,(H,21,24)/b19-9-. The van der Waals surface area contributed by atoms with Gasteiger partial charge in [-0.1, -0.05) is 11.6 Å². The molecule has 1 heterocycles. The van der Waals surface area contributed by atoms with E-state index in [1.165, 1.54) is 17.1 Å². The second kappa shape index (κ2) is 10.6. The van der Waals surface area contributed by atoms with Crippen LogP contribution in [0.4, 0.5) is 0 Å². The predicted octanol–water partition coefficient (Wildman–Crippen LogP) is 2.12. The number of esters is 1. The summed E-state index contributed by atoms with van der Waals surface area (Å²) in [4.78, 5) is 23.5.